The first-order chi connectivity index (χ1) is 19.4. The summed E-state index contributed by atoms with van der Waals surface area (Å²) in [6.45, 7) is 0.140. The van der Waals surface area contributed by atoms with Crippen LogP contribution in [-0.4, -0.2) is 47.8 Å². The number of carbonyl (C=O) groups is 2. The highest BCUT2D eigenvalue weighted by atomic mass is 32.2. The molecule has 40 heavy (non-hydrogen) atoms. The standard InChI is InChI=1S/C29H28N4O6S/c34-28(23-15-17-33(18-25(23)29(35)32-36)40(37,38)22-6-2-1-3-7-22)31-21-12-10-20(11-13-21)19-39-27-14-16-30-26-9-5-4-8-24(26)27/h1-14,16,23,25,36H,15,17-19H2,(H,31,34)(H,32,35). The fraction of sp³-hybridized carbons (Fsp3) is 0.207. The summed E-state index contributed by atoms with van der Waals surface area (Å²) in [5.74, 6) is -2.43. The van der Waals surface area contributed by atoms with E-state index >= 15 is 0 Å². The van der Waals surface area contributed by atoms with E-state index in [2.05, 4.69) is 10.3 Å². The van der Waals surface area contributed by atoms with Crippen molar-refractivity contribution in [2.75, 3.05) is 18.4 Å². The first kappa shape index (κ1) is 27.3. The van der Waals surface area contributed by atoms with Gasteiger partial charge in [-0.05, 0) is 54.4 Å². The zero-order valence-corrected chi connectivity index (χ0v) is 22.3. The average molecular weight is 561 g/mol. The van der Waals surface area contributed by atoms with Crippen LogP contribution in [-0.2, 0) is 26.2 Å². The molecule has 2 atom stereocenters. The molecule has 3 N–H and O–H groups in total. The van der Waals surface area contributed by atoms with E-state index in [1.165, 1.54) is 16.4 Å². The van der Waals surface area contributed by atoms with E-state index in [4.69, 9.17) is 4.74 Å². The van der Waals surface area contributed by atoms with Gasteiger partial charge < -0.3 is 10.1 Å². The maximum absolute atomic E-state index is 13.2. The van der Waals surface area contributed by atoms with Crippen LogP contribution in [0.3, 0.4) is 0 Å². The maximum atomic E-state index is 13.2. The normalized spacial score (nSPS) is 17.7. The molecule has 1 aliphatic heterocycles. The second-order valence-electron chi connectivity index (χ2n) is 9.45. The third-order valence-electron chi connectivity index (χ3n) is 6.97. The van der Waals surface area contributed by atoms with Gasteiger partial charge in [0.15, 0.2) is 0 Å². The van der Waals surface area contributed by atoms with Crippen LogP contribution in [0.4, 0.5) is 5.69 Å². The van der Waals surface area contributed by atoms with Gasteiger partial charge in [0.2, 0.25) is 21.8 Å². The molecular formula is C29H28N4O6S. The molecule has 2 heterocycles. The third-order valence-corrected chi connectivity index (χ3v) is 8.84. The smallest absolute Gasteiger partial charge is 0.248 e. The highest BCUT2D eigenvalue weighted by molar-refractivity contribution is 7.89. The number of pyridine rings is 1. The van der Waals surface area contributed by atoms with Crippen molar-refractivity contribution < 1.29 is 28.0 Å². The number of anilines is 1. The summed E-state index contributed by atoms with van der Waals surface area (Å²) in [7, 11) is -3.86. The Hall–Kier alpha value is -4.32. The number of sulfonamides is 1. The summed E-state index contributed by atoms with van der Waals surface area (Å²) >= 11 is 0. The van der Waals surface area contributed by atoms with Crippen LogP contribution in [0.2, 0.25) is 0 Å². The van der Waals surface area contributed by atoms with Gasteiger partial charge in [-0.2, -0.15) is 4.31 Å². The monoisotopic (exact) mass is 560 g/mol. The zero-order valence-electron chi connectivity index (χ0n) is 21.4. The van der Waals surface area contributed by atoms with Crippen molar-refractivity contribution in [2.45, 2.75) is 17.9 Å². The summed E-state index contributed by atoms with van der Waals surface area (Å²) in [5.41, 5.74) is 3.83. The lowest BCUT2D eigenvalue weighted by atomic mass is 9.85. The first-order valence-corrected chi connectivity index (χ1v) is 14.2. The molecule has 0 aliphatic carbocycles. The lowest BCUT2D eigenvalue weighted by Crippen LogP contribution is -2.51. The lowest BCUT2D eigenvalue weighted by molar-refractivity contribution is -0.140. The summed E-state index contributed by atoms with van der Waals surface area (Å²) in [6.07, 6.45) is 1.81. The van der Waals surface area contributed by atoms with E-state index in [1.807, 2.05) is 42.5 Å². The number of hydrogen-bond acceptors (Lipinski definition) is 7. The SMILES string of the molecule is O=C(NO)C1CN(S(=O)(=O)c2ccccc2)CCC1C(=O)Nc1ccc(COc2ccnc3ccccc23)cc1. The van der Waals surface area contributed by atoms with E-state index in [0.29, 0.717) is 12.3 Å². The predicted molar refractivity (Wildman–Crippen MR) is 148 cm³/mol. The highest BCUT2D eigenvalue weighted by Crippen LogP contribution is 2.30. The largest absolute Gasteiger partial charge is 0.488 e. The summed E-state index contributed by atoms with van der Waals surface area (Å²) in [4.78, 5) is 30.1. The Labute approximate surface area is 231 Å². The summed E-state index contributed by atoms with van der Waals surface area (Å²) < 4.78 is 33.3. The number of amides is 2. The van der Waals surface area contributed by atoms with Gasteiger partial charge in [-0.25, -0.2) is 13.9 Å². The van der Waals surface area contributed by atoms with Crippen LogP contribution in [0, 0.1) is 11.8 Å². The Balaban J connectivity index is 1.23. The van der Waals surface area contributed by atoms with Crippen molar-refractivity contribution in [2.24, 2.45) is 11.8 Å². The Morgan fingerprint density at radius 3 is 2.40 bits per heavy atom. The molecule has 4 aromatic rings. The van der Waals surface area contributed by atoms with Gasteiger partial charge in [0.25, 0.3) is 0 Å². The second-order valence-corrected chi connectivity index (χ2v) is 11.4. The molecule has 10 nitrogen and oxygen atoms in total. The number of fused-ring (bicyclic) bond motifs is 1. The van der Waals surface area contributed by atoms with Gasteiger partial charge in [0.1, 0.15) is 12.4 Å². The number of carbonyl (C=O) groups excluding carboxylic acids is 2. The minimum Gasteiger partial charge on any atom is -0.488 e. The number of ether oxygens (including phenoxy) is 1. The summed E-state index contributed by atoms with van der Waals surface area (Å²) in [5, 5.41) is 13.0. The number of hydroxylamine groups is 1. The first-order valence-electron chi connectivity index (χ1n) is 12.7. The Morgan fingerprint density at radius 1 is 0.925 bits per heavy atom. The van der Waals surface area contributed by atoms with Crippen molar-refractivity contribution in [1.29, 1.82) is 0 Å². The Kier molecular flexibility index (Phi) is 8.06. The van der Waals surface area contributed by atoms with Crippen LogP contribution >= 0.6 is 0 Å². The Bertz CT molecular complexity index is 1610. The number of hydrogen-bond donors (Lipinski definition) is 3. The van der Waals surface area contributed by atoms with Crippen LogP contribution in [0.1, 0.15) is 12.0 Å². The molecule has 0 radical (unpaired) electrons. The molecule has 1 aliphatic rings. The number of nitrogens with one attached hydrogen (secondary N) is 2. The molecule has 2 unspecified atom stereocenters. The molecule has 0 bridgehead atoms. The van der Waals surface area contributed by atoms with E-state index in [1.54, 1.807) is 42.0 Å². The maximum Gasteiger partial charge on any atom is 0.248 e. The van der Waals surface area contributed by atoms with Crippen LogP contribution < -0.4 is 15.5 Å². The third kappa shape index (κ3) is 5.81. The minimum absolute atomic E-state index is 0.0600. The Morgan fingerprint density at radius 2 is 1.65 bits per heavy atom. The molecule has 0 spiro atoms. The van der Waals surface area contributed by atoms with Gasteiger partial charge in [0.05, 0.1) is 22.2 Å². The predicted octanol–water partition coefficient (Wildman–Crippen LogP) is 3.58. The highest BCUT2D eigenvalue weighted by Gasteiger charge is 2.42. The number of benzene rings is 3. The minimum atomic E-state index is -3.86. The lowest BCUT2D eigenvalue weighted by Gasteiger charge is -2.35. The molecule has 3 aromatic carbocycles. The number of aromatic nitrogens is 1. The molecular weight excluding hydrogens is 532 g/mol. The fourth-order valence-corrected chi connectivity index (χ4v) is 6.32. The molecule has 1 aromatic heterocycles. The topological polar surface area (TPSA) is 138 Å². The van der Waals surface area contributed by atoms with Crippen molar-refractivity contribution in [3.05, 3.63) is 96.7 Å². The molecule has 0 saturated carbocycles. The van der Waals surface area contributed by atoms with E-state index < -0.39 is 33.7 Å². The van der Waals surface area contributed by atoms with E-state index in [9.17, 15) is 23.2 Å². The van der Waals surface area contributed by atoms with Crippen LogP contribution in [0.15, 0.2) is 96.0 Å². The van der Waals surface area contributed by atoms with Gasteiger partial charge in [-0.15, -0.1) is 0 Å². The number of rotatable bonds is 8. The van der Waals surface area contributed by atoms with Crippen molar-refractivity contribution >= 4 is 38.4 Å². The quantitative estimate of drug-likeness (QED) is 0.221. The van der Waals surface area contributed by atoms with E-state index in [0.717, 1.165) is 22.2 Å². The average Bonchev–Trinajstić information content (AvgIpc) is 3.00. The summed E-state index contributed by atoms with van der Waals surface area (Å²) in [6, 6.07) is 24.5. The van der Waals surface area contributed by atoms with Crippen molar-refractivity contribution in [3.8, 4) is 5.75 Å². The van der Waals surface area contributed by atoms with Crippen molar-refractivity contribution in [3.63, 3.8) is 0 Å². The molecule has 11 heteroatoms. The number of piperidine rings is 1. The van der Waals surface area contributed by atoms with Crippen LogP contribution in [0.25, 0.3) is 10.9 Å². The fourth-order valence-electron chi connectivity index (χ4n) is 4.82. The number of nitrogens with zero attached hydrogens (tertiary/aromatic N) is 2. The van der Waals surface area contributed by atoms with Crippen LogP contribution in [0.5, 0.6) is 5.75 Å². The van der Waals surface area contributed by atoms with Gasteiger partial charge in [-0.1, -0.05) is 42.5 Å². The van der Waals surface area contributed by atoms with Gasteiger partial charge in [0, 0.05) is 30.4 Å². The number of para-hydroxylation sites is 1. The molecule has 1 fully saturated rings. The molecule has 2 amide bonds. The molecule has 1 saturated heterocycles. The molecule has 206 valence electrons. The van der Waals surface area contributed by atoms with Gasteiger partial charge >= 0.3 is 0 Å². The zero-order chi connectivity index (χ0) is 28.1. The van der Waals surface area contributed by atoms with E-state index in [-0.39, 0.29) is 24.4 Å². The van der Waals surface area contributed by atoms with Crippen molar-refractivity contribution in [1.82, 2.24) is 14.8 Å². The van der Waals surface area contributed by atoms with Gasteiger partial charge in [-0.3, -0.25) is 19.8 Å². The second kappa shape index (κ2) is 11.8. The molecule has 5 rings (SSSR count).